The SMILES string of the molecule is CCOC(=O)c1sc(NC(=O)[C@H]2CCN[C@@H](C)C2)nc1C(C)C.Cl. The summed E-state index contributed by atoms with van der Waals surface area (Å²) in [7, 11) is 0. The molecule has 1 aromatic rings. The monoisotopic (exact) mass is 375 g/mol. The maximum Gasteiger partial charge on any atom is 0.350 e. The van der Waals surface area contributed by atoms with Gasteiger partial charge in [-0.05, 0) is 39.2 Å². The van der Waals surface area contributed by atoms with Gasteiger partial charge in [0.2, 0.25) is 5.91 Å². The smallest absolute Gasteiger partial charge is 0.350 e. The third kappa shape index (κ3) is 5.16. The summed E-state index contributed by atoms with van der Waals surface area (Å²) in [5, 5.41) is 6.69. The largest absolute Gasteiger partial charge is 0.462 e. The lowest BCUT2D eigenvalue weighted by Gasteiger charge is -2.26. The van der Waals surface area contributed by atoms with E-state index < -0.39 is 0 Å². The number of halogens is 1. The quantitative estimate of drug-likeness (QED) is 0.772. The number of ether oxygens (including phenoxy) is 1. The lowest BCUT2D eigenvalue weighted by Crippen LogP contribution is -2.40. The van der Waals surface area contributed by atoms with Crippen LogP contribution in [0.2, 0.25) is 0 Å². The van der Waals surface area contributed by atoms with E-state index in [1.54, 1.807) is 6.92 Å². The van der Waals surface area contributed by atoms with E-state index in [9.17, 15) is 9.59 Å². The zero-order valence-electron chi connectivity index (χ0n) is 14.5. The molecule has 1 aliphatic rings. The Hall–Kier alpha value is -1.18. The van der Waals surface area contributed by atoms with E-state index >= 15 is 0 Å². The Labute approximate surface area is 153 Å². The first kappa shape index (κ1) is 20.9. The summed E-state index contributed by atoms with van der Waals surface area (Å²) in [6.07, 6.45) is 1.64. The number of esters is 1. The van der Waals surface area contributed by atoms with Gasteiger partial charge < -0.3 is 15.4 Å². The minimum atomic E-state index is -0.371. The van der Waals surface area contributed by atoms with E-state index in [1.807, 2.05) is 13.8 Å². The predicted octanol–water partition coefficient (Wildman–Crippen LogP) is 3.19. The van der Waals surface area contributed by atoms with Crippen LogP contribution in [0.4, 0.5) is 5.13 Å². The van der Waals surface area contributed by atoms with Gasteiger partial charge in [-0.25, -0.2) is 9.78 Å². The van der Waals surface area contributed by atoms with Gasteiger partial charge in [-0.1, -0.05) is 25.2 Å². The lowest BCUT2D eigenvalue weighted by molar-refractivity contribution is -0.120. The number of anilines is 1. The van der Waals surface area contributed by atoms with Crippen molar-refractivity contribution in [2.24, 2.45) is 5.92 Å². The van der Waals surface area contributed by atoms with Crippen molar-refractivity contribution < 1.29 is 14.3 Å². The number of carbonyl (C=O) groups excluding carboxylic acids is 2. The second-order valence-corrected chi connectivity index (χ2v) is 7.17. The van der Waals surface area contributed by atoms with Crippen LogP contribution in [0.25, 0.3) is 0 Å². The van der Waals surface area contributed by atoms with Gasteiger partial charge in [0.05, 0.1) is 12.3 Å². The molecule has 24 heavy (non-hydrogen) atoms. The van der Waals surface area contributed by atoms with Crippen molar-refractivity contribution in [3.63, 3.8) is 0 Å². The molecule has 1 amide bonds. The van der Waals surface area contributed by atoms with Crippen LogP contribution in [0.1, 0.15) is 61.8 Å². The third-order valence-electron chi connectivity index (χ3n) is 3.89. The maximum atomic E-state index is 12.4. The minimum absolute atomic E-state index is 0. The Kier molecular flexibility index (Phi) is 8.12. The number of hydrogen-bond acceptors (Lipinski definition) is 6. The highest BCUT2D eigenvalue weighted by atomic mass is 35.5. The summed E-state index contributed by atoms with van der Waals surface area (Å²) in [4.78, 5) is 29.4. The van der Waals surface area contributed by atoms with Crippen molar-refractivity contribution in [2.75, 3.05) is 18.5 Å². The fraction of sp³-hybridized carbons (Fsp3) is 0.688. The summed E-state index contributed by atoms with van der Waals surface area (Å²) in [5.41, 5.74) is 0.683. The summed E-state index contributed by atoms with van der Waals surface area (Å²) in [6.45, 7) is 8.97. The average Bonchev–Trinajstić information content (AvgIpc) is 2.91. The van der Waals surface area contributed by atoms with Crippen molar-refractivity contribution in [3.8, 4) is 0 Å². The Morgan fingerprint density at radius 3 is 2.75 bits per heavy atom. The Morgan fingerprint density at radius 2 is 2.17 bits per heavy atom. The lowest BCUT2D eigenvalue weighted by atomic mass is 9.92. The highest BCUT2D eigenvalue weighted by Crippen LogP contribution is 2.30. The molecule has 1 aromatic heterocycles. The minimum Gasteiger partial charge on any atom is -0.462 e. The van der Waals surface area contributed by atoms with Gasteiger partial charge in [0.15, 0.2) is 5.13 Å². The number of piperidine rings is 1. The van der Waals surface area contributed by atoms with Gasteiger partial charge in [-0.15, -0.1) is 12.4 Å². The standard InChI is InChI=1S/C16H25N3O3S.ClH/c1-5-22-15(21)13-12(9(2)3)18-16(23-13)19-14(20)11-6-7-17-10(4)8-11;/h9-11,17H,5-8H2,1-4H3,(H,18,19,20);1H/t10-,11-;/m0./s1. The summed E-state index contributed by atoms with van der Waals surface area (Å²) in [5.74, 6) is -0.304. The third-order valence-corrected chi connectivity index (χ3v) is 4.85. The van der Waals surface area contributed by atoms with E-state index in [1.165, 1.54) is 11.3 Å². The van der Waals surface area contributed by atoms with E-state index in [4.69, 9.17) is 4.74 Å². The molecule has 0 aromatic carbocycles. The van der Waals surface area contributed by atoms with Crippen molar-refractivity contribution in [1.82, 2.24) is 10.3 Å². The van der Waals surface area contributed by atoms with Crippen LogP contribution < -0.4 is 10.6 Å². The molecule has 2 rings (SSSR count). The molecule has 8 heteroatoms. The van der Waals surface area contributed by atoms with Gasteiger partial charge in [-0.3, -0.25) is 4.79 Å². The molecule has 0 radical (unpaired) electrons. The summed E-state index contributed by atoms with van der Waals surface area (Å²) < 4.78 is 5.08. The number of carbonyl (C=O) groups is 2. The van der Waals surface area contributed by atoms with Crippen LogP contribution in [0.3, 0.4) is 0 Å². The van der Waals surface area contributed by atoms with Crippen LogP contribution in [0.5, 0.6) is 0 Å². The molecule has 2 atom stereocenters. The number of aromatic nitrogens is 1. The molecule has 2 N–H and O–H groups in total. The average molecular weight is 376 g/mol. The van der Waals surface area contributed by atoms with E-state index in [0.717, 1.165) is 19.4 Å². The molecule has 6 nitrogen and oxygen atoms in total. The second kappa shape index (κ2) is 9.34. The van der Waals surface area contributed by atoms with Crippen molar-refractivity contribution in [3.05, 3.63) is 10.6 Å². The summed E-state index contributed by atoms with van der Waals surface area (Å²) >= 11 is 1.20. The zero-order chi connectivity index (χ0) is 17.0. The number of nitrogens with zero attached hydrogens (tertiary/aromatic N) is 1. The Morgan fingerprint density at radius 1 is 1.46 bits per heavy atom. The highest BCUT2D eigenvalue weighted by Gasteiger charge is 2.27. The molecule has 1 fully saturated rings. The number of hydrogen-bond donors (Lipinski definition) is 2. The first-order chi connectivity index (χ1) is 10.9. The number of thiazole rings is 1. The van der Waals surface area contributed by atoms with E-state index in [2.05, 4.69) is 22.5 Å². The van der Waals surface area contributed by atoms with Gasteiger partial charge in [0, 0.05) is 12.0 Å². The van der Waals surface area contributed by atoms with E-state index in [-0.39, 0.29) is 36.1 Å². The Balaban J connectivity index is 0.00000288. The molecular weight excluding hydrogens is 350 g/mol. The first-order valence-corrected chi connectivity index (χ1v) is 8.96. The van der Waals surface area contributed by atoms with Crippen molar-refractivity contribution in [1.29, 1.82) is 0 Å². The van der Waals surface area contributed by atoms with E-state index in [0.29, 0.717) is 28.4 Å². The zero-order valence-corrected chi connectivity index (χ0v) is 16.2. The number of rotatable bonds is 5. The molecule has 0 bridgehead atoms. The van der Waals surface area contributed by atoms with Gasteiger partial charge in [0.1, 0.15) is 4.88 Å². The van der Waals surface area contributed by atoms with Gasteiger partial charge in [-0.2, -0.15) is 0 Å². The maximum absolute atomic E-state index is 12.4. The van der Waals surface area contributed by atoms with Crippen LogP contribution in [-0.4, -0.2) is 36.1 Å². The molecule has 0 unspecified atom stereocenters. The topological polar surface area (TPSA) is 80.3 Å². The van der Waals surface area contributed by atoms with Crippen LogP contribution in [-0.2, 0) is 9.53 Å². The summed E-state index contributed by atoms with van der Waals surface area (Å²) in [6, 6.07) is 0.345. The normalized spacial score (nSPS) is 20.4. The van der Waals surface area contributed by atoms with Crippen LogP contribution in [0, 0.1) is 5.92 Å². The molecule has 0 aliphatic carbocycles. The molecule has 1 aliphatic heterocycles. The number of nitrogens with one attached hydrogen (secondary N) is 2. The Bertz CT molecular complexity index is 577. The predicted molar refractivity (Wildman–Crippen MR) is 98.2 cm³/mol. The molecule has 136 valence electrons. The first-order valence-electron chi connectivity index (χ1n) is 8.14. The van der Waals surface area contributed by atoms with Crippen LogP contribution >= 0.6 is 23.7 Å². The number of amides is 1. The van der Waals surface area contributed by atoms with Crippen molar-refractivity contribution in [2.45, 2.75) is 52.5 Å². The fourth-order valence-electron chi connectivity index (χ4n) is 2.70. The second-order valence-electron chi connectivity index (χ2n) is 6.17. The molecular formula is C16H26ClN3O3S. The van der Waals surface area contributed by atoms with Crippen molar-refractivity contribution >= 4 is 40.8 Å². The molecule has 1 saturated heterocycles. The molecule has 2 heterocycles. The fourth-order valence-corrected chi connectivity index (χ4v) is 3.71. The van der Waals surface area contributed by atoms with Crippen LogP contribution in [0.15, 0.2) is 0 Å². The molecule has 0 spiro atoms. The molecule has 0 saturated carbocycles. The highest BCUT2D eigenvalue weighted by molar-refractivity contribution is 7.17. The van der Waals surface area contributed by atoms with Gasteiger partial charge in [0.25, 0.3) is 0 Å². The van der Waals surface area contributed by atoms with Gasteiger partial charge >= 0.3 is 5.97 Å².